The van der Waals surface area contributed by atoms with Crippen molar-refractivity contribution < 1.29 is 4.79 Å². The first-order chi connectivity index (χ1) is 14.9. The topological polar surface area (TPSA) is 59.8 Å². The molecule has 0 bridgehead atoms. The molecule has 0 aliphatic carbocycles. The number of pyridine rings is 1. The fourth-order valence-corrected chi connectivity index (χ4v) is 3.11. The van der Waals surface area contributed by atoms with E-state index < -0.39 is 0 Å². The van der Waals surface area contributed by atoms with Crippen LogP contribution in [-0.4, -0.2) is 20.7 Å². The Morgan fingerprint density at radius 1 is 1.19 bits per heavy atom. The minimum absolute atomic E-state index is 0.191. The summed E-state index contributed by atoms with van der Waals surface area (Å²) >= 11 is 9.27. The van der Waals surface area contributed by atoms with Gasteiger partial charge in [-0.15, -0.1) is 0 Å². The molecule has 3 rings (SSSR count). The van der Waals surface area contributed by atoms with Crippen LogP contribution in [0.1, 0.15) is 44.0 Å². The molecule has 0 radical (unpaired) electrons. The minimum atomic E-state index is -0.191. The Bertz CT molecular complexity index is 1040. The zero-order valence-corrected chi connectivity index (χ0v) is 20.2. The van der Waals surface area contributed by atoms with Gasteiger partial charge in [0.15, 0.2) is 0 Å². The van der Waals surface area contributed by atoms with E-state index in [1.54, 1.807) is 41.4 Å². The number of allylic oxidation sites excluding steroid dienone is 1. The van der Waals surface area contributed by atoms with Crippen LogP contribution in [0, 0.1) is 0 Å². The van der Waals surface area contributed by atoms with Crippen LogP contribution in [-0.2, 0) is 11.3 Å². The summed E-state index contributed by atoms with van der Waals surface area (Å²) in [6.45, 7) is 10.3. The predicted molar refractivity (Wildman–Crippen MR) is 132 cm³/mol. The molecule has 0 fully saturated rings. The van der Waals surface area contributed by atoms with E-state index >= 15 is 0 Å². The number of aromatic nitrogens is 3. The Morgan fingerprint density at radius 2 is 1.87 bits per heavy atom. The molecule has 2 aromatic heterocycles. The Morgan fingerprint density at radius 3 is 2.42 bits per heavy atom. The highest BCUT2D eigenvalue weighted by atomic mass is 79.9. The number of carbonyl (C=O) groups excluding carboxylic acids is 1. The second-order valence-corrected chi connectivity index (χ2v) is 7.87. The zero-order valence-electron chi connectivity index (χ0n) is 17.9. The van der Waals surface area contributed by atoms with Gasteiger partial charge in [0, 0.05) is 28.9 Å². The number of hydrogen-bond acceptors (Lipinski definition) is 3. The molecule has 5 nitrogen and oxygen atoms in total. The quantitative estimate of drug-likeness (QED) is 0.311. The fourth-order valence-electron chi connectivity index (χ4n) is 2.75. The van der Waals surface area contributed by atoms with Crippen LogP contribution >= 0.6 is 27.5 Å². The number of halogens is 2. The van der Waals surface area contributed by atoms with E-state index in [9.17, 15) is 4.79 Å². The molecule has 0 aliphatic rings. The van der Waals surface area contributed by atoms with Crippen LogP contribution in [0.5, 0.6) is 0 Å². The van der Waals surface area contributed by atoms with Gasteiger partial charge >= 0.3 is 0 Å². The maximum atomic E-state index is 12.8. The van der Waals surface area contributed by atoms with Crippen LogP contribution in [0.15, 0.2) is 66.1 Å². The summed E-state index contributed by atoms with van der Waals surface area (Å²) in [7, 11) is 0. The van der Waals surface area contributed by atoms with Gasteiger partial charge in [0.25, 0.3) is 5.91 Å². The minimum Gasteiger partial charge on any atom is -0.348 e. The third-order valence-corrected chi connectivity index (χ3v) is 4.86. The van der Waals surface area contributed by atoms with Crippen molar-refractivity contribution in [2.45, 2.75) is 33.7 Å². The average Bonchev–Trinajstić information content (AvgIpc) is 3.18. The molecule has 0 spiro atoms. The van der Waals surface area contributed by atoms with Gasteiger partial charge in [0.05, 0.1) is 17.6 Å². The van der Waals surface area contributed by atoms with E-state index in [2.05, 4.69) is 51.8 Å². The molecule has 0 atom stereocenters. The van der Waals surface area contributed by atoms with Crippen molar-refractivity contribution in [1.82, 2.24) is 20.1 Å². The molecule has 2 heterocycles. The summed E-state index contributed by atoms with van der Waals surface area (Å²) in [6.07, 6.45) is 8.09. The number of hydrogen-bond donors (Lipinski definition) is 1. The van der Waals surface area contributed by atoms with Crippen molar-refractivity contribution in [3.05, 3.63) is 87.9 Å². The summed E-state index contributed by atoms with van der Waals surface area (Å²) in [4.78, 5) is 16.9. The molecule has 162 valence electrons. The monoisotopic (exact) mass is 500 g/mol. The lowest BCUT2D eigenvalue weighted by Gasteiger charge is -2.10. The van der Waals surface area contributed by atoms with Gasteiger partial charge in [0.2, 0.25) is 0 Å². The van der Waals surface area contributed by atoms with Gasteiger partial charge in [-0.1, -0.05) is 50.6 Å². The van der Waals surface area contributed by atoms with Gasteiger partial charge in [-0.05, 0) is 64.8 Å². The average molecular weight is 502 g/mol. The highest BCUT2D eigenvalue weighted by molar-refractivity contribution is 9.10. The first-order valence-corrected chi connectivity index (χ1v) is 11.1. The highest BCUT2D eigenvalue weighted by Crippen LogP contribution is 2.24. The van der Waals surface area contributed by atoms with Gasteiger partial charge < -0.3 is 5.32 Å². The second-order valence-electron chi connectivity index (χ2n) is 6.62. The summed E-state index contributed by atoms with van der Waals surface area (Å²) < 4.78 is 2.48. The normalized spacial score (nSPS) is 10.8. The number of benzene rings is 1. The molecule has 7 heteroatoms. The standard InChI is InChI=1S/C21H18BrClN4O.C3H8/c1-3-17(21(28)25-12-14-5-10-20(22)24-11-14)18-13-26-27(19(18)4-2)16-8-6-15(23)7-9-16;1-3-2/h3-11,13H,2,12H2,1H3,(H,25,28);3H2,1-2H3/b17-3+;. The van der Waals surface area contributed by atoms with E-state index in [4.69, 9.17) is 11.6 Å². The second kappa shape index (κ2) is 12.2. The van der Waals surface area contributed by atoms with Crippen LogP contribution in [0.3, 0.4) is 0 Å². The molecule has 1 N–H and O–H groups in total. The SMILES string of the molecule is C=Cc1c(/C(=C\C)C(=O)NCc2ccc(Br)nc2)cnn1-c1ccc(Cl)cc1.CCC. The van der Waals surface area contributed by atoms with Crippen LogP contribution in [0.2, 0.25) is 5.02 Å². The molecular formula is C24H26BrClN4O. The number of nitrogens with zero attached hydrogens (tertiary/aromatic N) is 3. The van der Waals surface area contributed by atoms with Gasteiger partial charge in [-0.2, -0.15) is 5.10 Å². The van der Waals surface area contributed by atoms with Crippen molar-refractivity contribution in [3.63, 3.8) is 0 Å². The summed E-state index contributed by atoms with van der Waals surface area (Å²) in [5.41, 5.74) is 3.71. The van der Waals surface area contributed by atoms with Gasteiger partial charge in [-0.25, -0.2) is 9.67 Å². The first-order valence-electron chi connectivity index (χ1n) is 9.96. The Labute approximate surface area is 197 Å². The van der Waals surface area contributed by atoms with E-state index in [0.717, 1.165) is 21.5 Å². The molecule has 3 aromatic rings. The molecule has 31 heavy (non-hydrogen) atoms. The molecule has 0 unspecified atom stereocenters. The van der Waals surface area contributed by atoms with E-state index in [-0.39, 0.29) is 5.91 Å². The maximum absolute atomic E-state index is 12.8. The van der Waals surface area contributed by atoms with E-state index in [1.807, 2.05) is 31.2 Å². The molecule has 0 saturated heterocycles. The molecule has 0 saturated carbocycles. The largest absolute Gasteiger partial charge is 0.348 e. The molecular weight excluding hydrogens is 476 g/mol. The first kappa shape index (κ1) is 24.6. The zero-order chi connectivity index (χ0) is 22.8. The Kier molecular flexibility index (Phi) is 9.69. The van der Waals surface area contributed by atoms with Crippen molar-refractivity contribution in [3.8, 4) is 5.69 Å². The number of carbonyl (C=O) groups is 1. The summed E-state index contributed by atoms with van der Waals surface area (Å²) in [6, 6.07) is 11.1. The third-order valence-electron chi connectivity index (χ3n) is 4.14. The van der Waals surface area contributed by atoms with Crippen LogP contribution < -0.4 is 5.32 Å². The van der Waals surface area contributed by atoms with Crippen LogP contribution in [0.4, 0.5) is 0 Å². The van der Waals surface area contributed by atoms with Crippen molar-refractivity contribution in [2.24, 2.45) is 0 Å². The Hall–Kier alpha value is -2.70. The fraction of sp³-hybridized carbons (Fsp3) is 0.208. The van der Waals surface area contributed by atoms with Crippen molar-refractivity contribution in [1.29, 1.82) is 0 Å². The smallest absolute Gasteiger partial charge is 0.251 e. The summed E-state index contributed by atoms with van der Waals surface area (Å²) in [5, 5.41) is 8.00. The lowest BCUT2D eigenvalue weighted by Crippen LogP contribution is -2.24. The lowest BCUT2D eigenvalue weighted by atomic mass is 10.1. The summed E-state index contributed by atoms with van der Waals surface area (Å²) in [5.74, 6) is -0.191. The number of nitrogens with one attached hydrogen (secondary N) is 1. The Balaban J connectivity index is 0.00000107. The van der Waals surface area contributed by atoms with Crippen molar-refractivity contribution in [2.75, 3.05) is 0 Å². The lowest BCUT2D eigenvalue weighted by molar-refractivity contribution is -0.115. The maximum Gasteiger partial charge on any atom is 0.251 e. The number of amides is 1. The molecule has 1 aromatic carbocycles. The number of rotatable bonds is 6. The van der Waals surface area contributed by atoms with Gasteiger partial charge in [-0.3, -0.25) is 4.79 Å². The molecule has 0 aliphatic heterocycles. The van der Waals surface area contributed by atoms with Gasteiger partial charge in [0.1, 0.15) is 4.60 Å². The highest BCUT2D eigenvalue weighted by Gasteiger charge is 2.18. The predicted octanol–water partition coefficient (Wildman–Crippen LogP) is 6.46. The van der Waals surface area contributed by atoms with Crippen molar-refractivity contribution >= 4 is 45.1 Å². The molecule has 1 amide bonds. The third kappa shape index (κ3) is 6.64. The van der Waals surface area contributed by atoms with E-state index in [1.165, 1.54) is 6.42 Å². The van der Waals surface area contributed by atoms with Crippen LogP contribution in [0.25, 0.3) is 17.3 Å². The van der Waals surface area contributed by atoms with E-state index in [0.29, 0.717) is 22.7 Å².